The number of benzene rings is 1. The van der Waals surface area contributed by atoms with Crippen molar-refractivity contribution in [2.24, 2.45) is 5.73 Å². The number of hydrogen-bond acceptors (Lipinski definition) is 4. The highest BCUT2D eigenvalue weighted by Gasteiger charge is 2.39. The summed E-state index contributed by atoms with van der Waals surface area (Å²) in [5.41, 5.74) is 7.30. The van der Waals surface area contributed by atoms with E-state index >= 15 is 0 Å². The Labute approximate surface area is 129 Å². The molecule has 1 fully saturated rings. The van der Waals surface area contributed by atoms with Crippen LogP contribution >= 0.6 is 11.6 Å². The van der Waals surface area contributed by atoms with Crippen molar-refractivity contribution >= 4 is 17.6 Å². The van der Waals surface area contributed by atoms with Gasteiger partial charge in [-0.1, -0.05) is 17.7 Å². The van der Waals surface area contributed by atoms with Crippen LogP contribution in [0.2, 0.25) is 5.02 Å². The molecule has 1 saturated carbocycles. The summed E-state index contributed by atoms with van der Waals surface area (Å²) in [4.78, 5) is 11.5. The zero-order chi connectivity index (χ0) is 15.5. The van der Waals surface area contributed by atoms with Gasteiger partial charge in [0.2, 0.25) is 0 Å². The molecule has 1 aromatic rings. The van der Waals surface area contributed by atoms with Crippen molar-refractivity contribution in [2.45, 2.75) is 44.1 Å². The van der Waals surface area contributed by atoms with Crippen molar-refractivity contribution in [1.29, 1.82) is 5.26 Å². The molecule has 5 heteroatoms. The van der Waals surface area contributed by atoms with Crippen LogP contribution in [-0.2, 0) is 14.9 Å². The van der Waals surface area contributed by atoms with Gasteiger partial charge < -0.3 is 10.5 Å². The number of nitriles is 1. The van der Waals surface area contributed by atoms with E-state index in [1.165, 1.54) is 0 Å². The number of nitrogens with two attached hydrogens (primary N) is 1. The van der Waals surface area contributed by atoms with Crippen molar-refractivity contribution < 1.29 is 9.53 Å². The second-order valence-corrected chi connectivity index (χ2v) is 5.87. The van der Waals surface area contributed by atoms with E-state index in [2.05, 4.69) is 6.07 Å². The van der Waals surface area contributed by atoms with E-state index < -0.39 is 11.5 Å². The predicted molar refractivity (Wildman–Crippen MR) is 80.8 cm³/mol. The molecule has 1 aromatic carbocycles. The van der Waals surface area contributed by atoms with E-state index in [-0.39, 0.29) is 12.4 Å². The SMILES string of the molecule is CCOC(=O)C[C@H](N)c1cc(Cl)cc(C2(C#N)CCC2)c1. The van der Waals surface area contributed by atoms with Crippen LogP contribution in [0, 0.1) is 11.3 Å². The Hall–Kier alpha value is -1.57. The molecule has 112 valence electrons. The largest absolute Gasteiger partial charge is 0.466 e. The van der Waals surface area contributed by atoms with Crippen LogP contribution in [0.25, 0.3) is 0 Å². The van der Waals surface area contributed by atoms with Gasteiger partial charge in [-0.3, -0.25) is 4.79 Å². The van der Waals surface area contributed by atoms with Crippen LogP contribution in [0.1, 0.15) is 49.8 Å². The molecule has 0 bridgehead atoms. The van der Waals surface area contributed by atoms with Gasteiger partial charge in [0.15, 0.2) is 0 Å². The van der Waals surface area contributed by atoms with Gasteiger partial charge in [-0.15, -0.1) is 0 Å². The van der Waals surface area contributed by atoms with Crippen molar-refractivity contribution in [3.63, 3.8) is 0 Å². The topological polar surface area (TPSA) is 76.1 Å². The molecular formula is C16H19ClN2O2. The highest BCUT2D eigenvalue weighted by atomic mass is 35.5. The van der Waals surface area contributed by atoms with Gasteiger partial charge in [0.1, 0.15) is 0 Å². The number of carbonyl (C=O) groups excluding carboxylic acids is 1. The summed E-state index contributed by atoms with van der Waals surface area (Å²) in [6, 6.07) is 7.39. The molecule has 0 radical (unpaired) electrons. The molecule has 21 heavy (non-hydrogen) atoms. The number of carbonyl (C=O) groups is 1. The summed E-state index contributed by atoms with van der Waals surface area (Å²) in [6.45, 7) is 2.10. The fourth-order valence-corrected chi connectivity index (χ4v) is 2.86. The number of halogens is 1. The molecule has 0 aromatic heterocycles. The smallest absolute Gasteiger partial charge is 0.307 e. The van der Waals surface area contributed by atoms with Gasteiger partial charge in [-0.2, -0.15) is 5.26 Å². The summed E-state index contributed by atoms with van der Waals surface area (Å²) < 4.78 is 4.91. The molecule has 0 aliphatic heterocycles. The average Bonchev–Trinajstić information content (AvgIpc) is 2.37. The highest BCUT2D eigenvalue weighted by molar-refractivity contribution is 6.30. The molecular weight excluding hydrogens is 288 g/mol. The van der Waals surface area contributed by atoms with Crippen LogP contribution in [0.15, 0.2) is 18.2 Å². The third kappa shape index (κ3) is 3.37. The molecule has 4 nitrogen and oxygen atoms in total. The number of ether oxygens (including phenoxy) is 1. The summed E-state index contributed by atoms with van der Waals surface area (Å²) in [7, 11) is 0. The van der Waals surface area contributed by atoms with Crippen LogP contribution in [0.4, 0.5) is 0 Å². The summed E-state index contributed by atoms with van der Waals surface area (Å²) in [5.74, 6) is -0.329. The number of hydrogen-bond donors (Lipinski definition) is 1. The Morgan fingerprint density at radius 2 is 2.24 bits per heavy atom. The minimum atomic E-state index is -0.475. The molecule has 1 aliphatic carbocycles. The van der Waals surface area contributed by atoms with Gasteiger partial charge in [0.05, 0.1) is 24.5 Å². The number of nitrogens with zero attached hydrogens (tertiary/aromatic N) is 1. The van der Waals surface area contributed by atoms with E-state index in [1.807, 2.05) is 12.1 Å². The second-order valence-electron chi connectivity index (χ2n) is 5.44. The van der Waals surface area contributed by atoms with E-state index in [9.17, 15) is 10.1 Å². The average molecular weight is 307 g/mol. The predicted octanol–water partition coefficient (Wildman–Crippen LogP) is 3.24. The van der Waals surface area contributed by atoms with Crippen molar-refractivity contribution in [1.82, 2.24) is 0 Å². The number of rotatable bonds is 5. The summed E-state index contributed by atoms with van der Waals surface area (Å²) >= 11 is 6.15. The van der Waals surface area contributed by atoms with Gasteiger partial charge in [0, 0.05) is 11.1 Å². The first-order valence-corrected chi connectivity index (χ1v) is 7.52. The van der Waals surface area contributed by atoms with Gasteiger partial charge in [0.25, 0.3) is 0 Å². The molecule has 0 spiro atoms. The van der Waals surface area contributed by atoms with E-state index in [0.29, 0.717) is 11.6 Å². The molecule has 0 amide bonds. The first kappa shape index (κ1) is 15.8. The maximum absolute atomic E-state index is 11.5. The monoisotopic (exact) mass is 306 g/mol. The first-order chi connectivity index (χ1) is 10.0. The molecule has 0 saturated heterocycles. The lowest BCUT2D eigenvalue weighted by atomic mass is 9.65. The van der Waals surface area contributed by atoms with Gasteiger partial charge >= 0.3 is 5.97 Å². The zero-order valence-corrected chi connectivity index (χ0v) is 12.8. The Morgan fingerprint density at radius 1 is 1.52 bits per heavy atom. The molecule has 2 rings (SSSR count). The zero-order valence-electron chi connectivity index (χ0n) is 12.1. The minimum Gasteiger partial charge on any atom is -0.466 e. The number of esters is 1. The maximum atomic E-state index is 11.5. The van der Waals surface area contributed by atoms with E-state index in [4.69, 9.17) is 22.1 Å². The van der Waals surface area contributed by atoms with Crippen molar-refractivity contribution in [3.8, 4) is 6.07 Å². The quantitative estimate of drug-likeness (QED) is 0.847. The Morgan fingerprint density at radius 3 is 2.76 bits per heavy atom. The molecule has 0 heterocycles. The summed E-state index contributed by atoms with van der Waals surface area (Å²) in [6.07, 6.45) is 2.84. The lowest BCUT2D eigenvalue weighted by Crippen LogP contribution is -2.32. The minimum absolute atomic E-state index is 0.104. The third-order valence-electron chi connectivity index (χ3n) is 4.01. The maximum Gasteiger partial charge on any atom is 0.307 e. The third-order valence-corrected chi connectivity index (χ3v) is 4.23. The first-order valence-electron chi connectivity index (χ1n) is 7.14. The highest BCUT2D eigenvalue weighted by Crippen LogP contribution is 2.44. The molecule has 1 aliphatic rings. The normalized spacial score (nSPS) is 17.4. The Bertz CT molecular complexity index is 576. The Balaban J connectivity index is 2.23. The molecule has 0 unspecified atom stereocenters. The van der Waals surface area contributed by atoms with E-state index in [0.717, 1.165) is 30.4 Å². The van der Waals surface area contributed by atoms with Crippen LogP contribution in [0.5, 0.6) is 0 Å². The van der Waals surface area contributed by atoms with Crippen molar-refractivity contribution in [2.75, 3.05) is 6.61 Å². The standard InChI is InChI=1S/C16H19ClN2O2/c1-2-21-15(20)9-14(19)11-6-12(8-13(17)7-11)16(10-18)4-3-5-16/h6-8,14H,2-5,9,19H2,1H3/t14-/m0/s1. The second kappa shape index (κ2) is 6.46. The molecule has 2 N–H and O–H groups in total. The fraction of sp³-hybridized carbons (Fsp3) is 0.500. The Kier molecular flexibility index (Phi) is 4.87. The van der Waals surface area contributed by atoms with Crippen LogP contribution in [0.3, 0.4) is 0 Å². The fourth-order valence-electron chi connectivity index (χ4n) is 2.62. The molecule has 1 atom stereocenters. The van der Waals surface area contributed by atoms with Crippen LogP contribution < -0.4 is 5.73 Å². The van der Waals surface area contributed by atoms with Crippen LogP contribution in [-0.4, -0.2) is 12.6 Å². The summed E-state index contributed by atoms with van der Waals surface area (Å²) in [5, 5.41) is 9.97. The van der Waals surface area contributed by atoms with Gasteiger partial charge in [-0.25, -0.2) is 0 Å². The van der Waals surface area contributed by atoms with Gasteiger partial charge in [-0.05, 0) is 49.4 Å². The lowest BCUT2D eigenvalue weighted by Gasteiger charge is -2.36. The lowest BCUT2D eigenvalue weighted by molar-refractivity contribution is -0.143. The van der Waals surface area contributed by atoms with E-state index in [1.54, 1.807) is 13.0 Å². The van der Waals surface area contributed by atoms with Crippen molar-refractivity contribution in [3.05, 3.63) is 34.3 Å².